The van der Waals surface area contributed by atoms with E-state index in [1.807, 2.05) is 67.5 Å². The summed E-state index contributed by atoms with van der Waals surface area (Å²) in [5, 5.41) is 2.84. The predicted octanol–water partition coefficient (Wildman–Crippen LogP) is 4.17. The van der Waals surface area contributed by atoms with E-state index in [0.717, 1.165) is 21.4 Å². The van der Waals surface area contributed by atoms with Crippen molar-refractivity contribution in [1.82, 2.24) is 0 Å². The molecule has 2 aromatic rings. The fourth-order valence-electron chi connectivity index (χ4n) is 1.77. The van der Waals surface area contributed by atoms with Crippen LogP contribution in [0.25, 0.3) is 6.08 Å². The SMILES string of the molecule is CN(C)c1ccc(NC(=O)/C=C\c2ccc(Br)cc2)cc1. The number of carbonyl (C=O) groups is 1. The molecule has 0 heterocycles. The number of nitrogens with one attached hydrogen (secondary N) is 1. The molecule has 0 radical (unpaired) electrons. The monoisotopic (exact) mass is 344 g/mol. The maximum atomic E-state index is 11.9. The molecule has 108 valence electrons. The summed E-state index contributed by atoms with van der Waals surface area (Å²) >= 11 is 3.38. The molecule has 2 aromatic carbocycles. The Kier molecular flexibility index (Phi) is 5.17. The highest BCUT2D eigenvalue weighted by Crippen LogP contribution is 2.16. The molecular weight excluding hydrogens is 328 g/mol. The highest BCUT2D eigenvalue weighted by Gasteiger charge is 1.99. The van der Waals surface area contributed by atoms with Crippen LogP contribution < -0.4 is 10.2 Å². The van der Waals surface area contributed by atoms with E-state index in [1.165, 1.54) is 6.08 Å². The number of rotatable bonds is 4. The normalized spacial score (nSPS) is 10.6. The molecule has 4 heteroatoms. The molecule has 0 aliphatic rings. The van der Waals surface area contributed by atoms with E-state index in [-0.39, 0.29) is 5.91 Å². The number of carbonyl (C=O) groups excluding carboxylic acids is 1. The van der Waals surface area contributed by atoms with Crippen molar-refractivity contribution in [1.29, 1.82) is 0 Å². The van der Waals surface area contributed by atoms with Crippen molar-refractivity contribution in [2.45, 2.75) is 0 Å². The van der Waals surface area contributed by atoms with Gasteiger partial charge in [-0.15, -0.1) is 0 Å². The molecule has 0 saturated carbocycles. The van der Waals surface area contributed by atoms with E-state index in [4.69, 9.17) is 0 Å². The standard InChI is InChI=1S/C17H17BrN2O/c1-20(2)16-10-8-15(9-11-16)19-17(21)12-5-13-3-6-14(18)7-4-13/h3-12H,1-2H3,(H,19,21)/b12-5-. The van der Waals surface area contributed by atoms with Gasteiger partial charge in [-0.25, -0.2) is 0 Å². The van der Waals surface area contributed by atoms with Crippen molar-refractivity contribution in [2.24, 2.45) is 0 Å². The van der Waals surface area contributed by atoms with Gasteiger partial charge < -0.3 is 10.2 Å². The van der Waals surface area contributed by atoms with E-state index in [9.17, 15) is 4.79 Å². The van der Waals surface area contributed by atoms with Crippen molar-refractivity contribution < 1.29 is 4.79 Å². The zero-order valence-corrected chi connectivity index (χ0v) is 13.6. The van der Waals surface area contributed by atoms with Crippen molar-refractivity contribution in [3.8, 4) is 0 Å². The molecule has 3 nitrogen and oxygen atoms in total. The topological polar surface area (TPSA) is 32.3 Å². The Morgan fingerprint density at radius 1 is 1.05 bits per heavy atom. The van der Waals surface area contributed by atoms with Crippen LogP contribution >= 0.6 is 15.9 Å². The Balaban J connectivity index is 1.96. The second-order valence-corrected chi connectivity index (χ2v) is 5.73. The minimum atomic E-state index is -0.143. The molecule has 0 unspecified atom stereocenters. The van der Waals surface area contributed by atoms with E-state index >= 15 is 0 Å². The Labute approximate surface area is 133 Å². The number of benzene rings is 2. The molecule has 0 fully saturated rings. The van der Waals surface area contributed by atoms with Crippen LogP contribution in [0.4, 0.5) is 11.4 Å². The van der Waals surface area contributed by atoms with Crippen LogP contribution in [0.3, 0.4) is 0 Å². The van der Waals surface area contributed by atoms with Crippen LogP contribution in [0, 0.1) is 0 Å². The summed E-state index contributed by atoms with van der Waals surface area (Å²) < 4.78 is 1.02. The quantitative estimate of drug-likeness (QED) is 0.844. The number of hydrogen-bond donors (Lipinski definition) is 1. The molecule has 0 aliphatic heterocycles. The van der Waals surface area contributed by atoms with Gasteiger partial charge in [0, 0.05) is 36.0 Å². The van der Waals surface area contributed by atoms with Gasteiger partial charge in [0.1, 0.15) is 0 Å². The number of halogens is 1. The van der Waals surface area contributed by atoms with Gasteiger partial charge in [-0.05, 0) is 48.0 Å². The third-order valence-corrected chi connectivity index (χ3v) is 3.48. The van der Waals surface area contributed by atoms with E-state index in [2.05, 4.69) is 21.2 Å². The molecule has 0 saturated heterocycles. The lowest BCUT2D eigenvalue weighted by Gasteiger charge is -2.12. The number of amides is 1. The first kappa shape index (κ1) is 15.3. The van der Waals surface area contributed by atoms with Crippen molar-refractivity contribution in [2.75, 3.05) is 24.3 Å². The van der Waals surface area contributed by atoms with Crippen LogP contribution in [0.2, 0.25) is 0 Å². The molecule has 21 heavy (non-hydrogen) atoms. The smallest absolute Gasteiger partial charge is 0.248 e. The van der Waals surface area contributed by atoms with Gasteiger partial charge in [0.15, 0.2) is 0 Å². The highest BCUT2D eigenvalue weighted by molar-refractivity contribution is 9.10. The second kappa shape index (κ2) is 7.09. The van der Waals surface area contributed by atoms with Crippen molar-refractivity contribution >= 4 is 39.3 Å². The predicted molar refractivity (Wildman–Crippen MR) is 92.6 cm³/mol. The van der Waals surface area contributed by atoms with E-state index in [1.54, 1.807) is 6.08 Å². The summed E-state index contributed by atoms with van der Waals surface area (Å²) in [5.41, 5.74) is 2.86. The van der Waals surface area contributed by atoms with Gasteiger partial charge in [-0.1, -0.05) is 28.1 Å². The molecule has 0 spiro atoms. The lowest BCUT2D eigenvalue weighted by atomic mass is 10.2. The highest BCUT2D eigenvalue weighted by atomic mass is 79.9. The van der Waals surface area contributed by atoms with E-state index < -0.39 is 0 Å². The minimum Gasteiger partial charge on any atom is -0.378 e. The molecule has 0 atom stereocenters. The van der Waals surface area contributed by atoms with Gasteiger partial charge in [0.25, 0.3) is 0 Å². The van der Waals surface area contributed by atoms with Gasteiger partial charge in [-0.2, -0.15) is 0 Å². The van der Waals surface area contributed by atoms with Gasteiger partial charge in [0.05, 0.1) is 0 Å². The van der Waals surface area contributed by atoms with Crippen LogP contribution in [0.1, 0.15) is 5.56 Å². The average molecular weight is 345 g/mol. The minimum absolute atomic E-state index is 0.143. The second-order valence-electron chi connectivity index (χ2n) is 4.82. The largest absolute Gasteiger partial charge is 0.378 e. The molecule has 0 aliphatic carbocycles. The summed E-state index contributed by atoms with van der Waals surface area (Å²) in [7, 11) is 3.96. The van der Waals surface area contributed by atoms with Crippen molar-refractivity contribution in [3.63, 3.8) is 0 Å². The number of nitrogens with zero attached hydrogens (tertiary/aromatic N) is 1. The van der Waals surface area contributed by atoms with E-state index in [0.29, 0.717) is 0 Å². The summed E-state index contributed by atoms with van der Waals surface area (Å²) in [6.45, 7) is 0. The summed E-state index contributed by atoms with van der Waals surface area (Å²) in [5.74, 6) is -0.143. The first-order valence-corrected chi connectivity index (χ1v) is 7.36. The van der Waals surface area contributed by atoms with Crippen LogP contribution in [-0.4, -0.2) is 20.0 Å². The zero-order chi connectivity index (χ0) is 15.2. The lowest BCUT2D eigenvalue weighted by Crippen LogP contribution is -2.10. The molecule has 0 bridgehead atoms. The molecule has 2 rings (SSSR count). The van der Waals surface area contributed by atoms with Gasteiger partial charge in [0.2, 0.25) is 5.91 Å². The maximum Gasteiger partial charge on any atom is 0.248 e. The maximum absolute atomic E-state index is 11.9. The Morgan fingerprint density at radius 2 is 1.67 bits per heavy atom. The fourth-order valence-corrected chi connectivity index (χ4v) is 2.04. The van der Waals surface area contributed by atoms with Gasteiger partial charge in [-0.3, -0.25) is 4.79 Å². The first-order chi connectivity index (χ1) is 10.0. The molecule has 1 N–H and O–H groups in total. The summed E-state index contributed by atoms with van der Waals surface area (Å²) in [6.07, 6.45) is 3.32. The Morgan fingerprint density at radius 3 is 2.24 bits per heavy atom. The number of hydrogen-bond acceptors (Lipinski definition) is 2. The summed E-state index contributed by atoms with van der Waals surface area (Å²) in [4.78, 5) is 13.9. The number of anilines is 2. The molecular formula is C17H17BrN2O. The first-order valence-electron chi connectivity index (χ1n) is 6.56. The third-order valence-electron chi connectivity index (χ3n) is 2.95. The van der Waals surface area contributed by atoms with Crippen LogP contribution in [0.15, 0.2) is 59.1 Å². The zero-order valence-electron chi connectivity index (χ0n) is 12.0. The van der Waals surface area contributed by atoms with Gasteiger partial charge >= 0.3 is 0 Å². The van der Waals surface area contributed by atoms with Crippen LogP contribution in [0.5, 0.6) is 0 Å². The fraction of sp³-hybridized carbons (Fsp3) is 0.118. The average Bonchev–Trinajstić information content (AvgIpc) is 2.47. The molecule has 1 amide bonds. The third kappa shape index (κ3) is 4.76. The Hall–Kier alpha value is -2.07. The Bertz CT molecular complexity index is 631. The van der Waals surface area contributed by atoms with Crippen molar-refractivity contribution in [3.05, 3.63) is 64.6 Å². The van der Waals surface area contributed by atoms with Crippen LogP contribution in [-0.2, 0) is 4.79 Å². The lowest BCUT2D eigenvalue weighted by molar-refractivity contribution is -0.111. The summed E-state index contributed by atoms with van der Waals surface area (Å²) in [6, 6.07) is 15.5. The molecule has 0 aromatic heterocycles.